The number of ether oxygens (including phenoxy) is 2. The van der Waals surface area contributed by atoms with E-state index in [1.54, 1.807) is 19.2 Å². The van der Waals surface area contributed by atoms with Crippen molar-refractivity contribution in [3.8, 4) is 11.5 Å². The Morgan fingerprint density at radius 3 is 2.29 bits per heavy atom. The van der Waals surface area contributed by atoms with Gasteiger partial charge in [-0.05, 0) is 62.7 Å². The van der Waals surface area contributed by atoms with E-state index in [9.17, 15) is 4.79 Å². The highest BCUT2D eigenvalue weighted by Gasteiger charge is 2.22. The summed E-state index contributed by atoms with van der Waals surface area (Å²) in [4.78, 5) is 14.8. The molecular weight excluding hydrogens is 352 g/mol. The van der Waals surface area contributed by atoms with E-state index in [2.05, 4.69) is 41.4 Å². The molecule has 3 rings (SSSR count). The zero-order chi connectivity index (χ0) is 19.8. The second kappa shape index (κ2) is 10.1. The van der Waals surface area contributed by atoms with Gasteiger partial charge < -0.3 is 14.8 Å². The minimum Gasteiger partial charge on any atom is -0.497 e. The summed E-state index contributed by atoms with van der Waals surface area (Å²) in [7, 11) is 1.62. The van der Waals surface area contributed by atoms with Gasteiger partial charge in [0.25, 0.3) is 5.91 Å². The number of rotatable bonds is 8. The van der Waals surface area contributed by atoms with Gasteiger partial charge in [-0.25, -0.2) is 0 Å². The first-order valence-electron chi connectivity index (χ1n) is 10.00. The maximum absolute atomic E-state index is 12.3. The molecule has 1 aliphatic heterocycles. The van der Waals surface area contributed by atoms with Gasteiger partial charge in [0.05, 0.1) is 13.2 Å². The number of aryl methyl sites for hydroxylation is 1. The maximum Gasteiger partial charge on any atom is 0.258 e. The average Bonchev–Trinajstić information content (AvgIpc) is 2.75. The van der Waals surface area contributed by atoms with E-state index in [4.69, 9.17) is 9.47 Å². The van der Waals surface area contributed by atoms with Crippen LogP contribution < -0.4 is 14.8 Å². The highest BCUT2D eigenvalue weighted by Crippen LogP contribution is 2.24. The molecule has 0 bridgehead atoms. The fraction of sp³-hybridized carbons (Fsp3) is 0.435. The Kier molecular flexibility index (Phi) is 7.31. The van der Waals surface area contributed by atoms with Gasteiger partial charge in [0.2, 0.25) is 0 Å². The summed E-state index contributed by atoms with van der Waals surface area (Å²) < 4.78 is 10.7. The van der Waals surface area contributed by atoms with E-state index in [0.29, 0.717) is 12.3 Å². The number of piperidine rings is 1. The van der Waals surface area contributed by atoms with Crippen molar-refractivity contribution in [3.05, 3.63) is 59.7 Å². The molecule has 0 saturated carbocycles. The number of benzene rings is 2. The van der Waals surface area contributed by atoms with Crippen LogP contribution in [-0.4, -0.2) is 44.2 Å². The molecule has 150 valence electrons. The minimum absolute atomic E-state index is 0.00689. The van der Waals surface area contributed by atoms with Crippen LogP contribution in [0.2, 0.25) is 0 Å². The van der Waals surface area contributed by atoms with E-state index in [0.717, 1.165) is 18.8 Å². The molecule has 1 fully saturated rings. The molecule has 1 saturated heterocycles. The summed E-state index contributed by atoms with van der Waals surface area (Å²) in [5.41, 5.74) is 2.50. The second-order valence-corrected chi connectivity index (χ2v) is 7.29. The largest absolute Gasteiger partial charge is 0.497 e. The van der Waals surface area contributed by atoms with Crippen molar-refractivity contribution in [2.24, 2.45) is 0 Å². The minimum atomic E-state index is -0.107. The van der Waals surface area contributed by atoms with Crippen LogP contribution in [0.4, 0.5) is 0 Å². The third kappa shape index (κ3) is 5.73. The van der Waals surface area contributed by atoms with Crippen molar-refractivity contribution in [1.29, 1.82) is 0 Å². The Balaban J connectivity index is 1.55. The monoisotopic (exact) mass is 382 g/mol. The van der Waals surface area contributed by atoms with Crippen molar-refractivity contribution in [1.82, 2.24) is 10.2 Å². The number of nitrogens with one attached hydrogen (secondary N) is 1. The predicted octanol–water partition coefficient (Wildman–Crippen LogP) is 3.73. The third-order valence-electron chi connectivity index (χ3n) is 5.22. The standard InChI is InChI=1S/C23H30N2O3/c1-18-6-8-19(9-7-18)22(25-14-4-3-5-15-25)16-24-23(26)17-28-21-12-10-20(27-2)11-13-21/h6-13,22H,3-5,14-17H2,1-2H3,(H,24,26). The van der Waals surface area contributed by atoms with Crippen LogP contribution in [0.5, 0.6) is 11.5 Å². The normalized spacial score (nSPS) is 15.6. The van der Waals surface area contributed by atoms with E-state index >= 15 is 0 Å². The number of likely N-dealkylation sites (tertiary alicyclic amines) is 1. The van der Waals surface area contributed by atoms with Crippen LogP contribution in [-0.2, 0) is 4.79 Å². The highest BCUT2D eigenvalue weighted by atomic mass is 16.5. The summed E-state index contributed by atoms with van der Waals surface area (Å²) in [6.07, 6.45) is 3.73. The number of methoxy groups -OCH3 is 1. The van der Waals surface area contributed by atoms with Gasteiger partial charge >= 0.3 is 0 Å². The molecule has 28 heavy (non-hydrogen) atoms. The molecule has 2 aromatic rings. The zero-order valence-electron chi connectivity index (χ0n) is 16.8. The molecule has 1 unspecified atom stereocenters. The topological polar surface area (TPSA) is 50.8 Å². The first-order chi connectivity index (χ1) is 13.7. The van der Waals surface area contributed by atoms with Crippen LogP contribution >= 0.6 is 0 Å². The summed E-state index contributed by atoms with van der Waals surface area (Å²) in [6, 6.07) is 16.1. The lowest BCUT2D eigenvalue weighted by atomic mass is 10.0. The van der Waals surface area contributed by atoms with Crippen molar-refractivity contribution in [2.45, 2.75) is 32.2 Å². The fourth-order valence-electron chi connectivity index (χ4n) is 3.56. The number of carbonyl (C=O) groups is 1. The molecule has 0 spiro atoms. The van der Waals surface area contributed by atoms with E-state index in [1.165, 1.54) is 30.4 Å². The Morgan fingerprint density at radius 2 is 1.64 bits per heavy atom. The molecule has 0 aliphatic carbocycles. The predicted molar refractivity (Wildman–Crippen MR) is 111 cm³/mol. The first-order valence-corrected chi connectivity index (χ1v) is 10.00. The number of hydrogen-bond donors (Lipinski definition) is 1. The summed E-state index contributed by atoms with van der Waals surface area (Å²) in [6.45, 7) is 4.85. The molecule has 1 heterocycles. The van der Waals surface area contributed by atoms with E-state index < -0.39 is 0 Å². The quantitative estimate of drug-likeness (QED) is 0.756. The summed E-state index contributed by atoms with van der Waals surface area (Å²) in [5, 5.41) is 3.06. The van der Waals surface area contributed by atoms with Crippen LogP contribution in [0.3, 0.4) is 0 Å². The second-order valence-electron chi connectivity index (χ2n) is 7.29. The highest BCUT2D eigenvalue weighted by molar-refractivity contribution is 5.77. The lowest BCUT2D eigenvalue weighted by Gasteiger charge is -2.35. The number of nitrogens with zero attached hydrogens (tertiary/aromatic N) is 1. The Labute approximate surface area is 167 Å². The molecular formula is C23H30N2O3. The Hall–Kier alpha value is -2.53. The number of amides is 1. The van der Waals surface area contributed by atoms with Crippen molar-refractivity contribution in [2.75, 3.05) is 33.4 Å². The number of carbonyl (C=O) groups excluding carboxylic acids is 1. The van der Waals surface area contributed by atoms with Gasteiger partial charge in [-0.1, -0.05) is 36.2 Å². The van der Waals surface area contributed by atoms with Crippen molar-refractivity contribution >= 4 is 5.91 Å². The molecule has 1 atom stereocenters. The Morgan fingerprint density at radius 1 is 1.00 bits per heavy atom. The van der Waals surface area contributed by atoms with Crippen LogP contribution in [0.15, 0.2) is 48.5 Å². The smallest absolute Gasteiger partial charge is 0.258 e. The van der Waals surface area contributed by atoms with Gasteiger partial charge in [0.15, 0.2) is 6.61 Å². The van der Waals surface area contributed by atoms with Gasteiger partial charge in [-0.3, -0.25) is 9.69 Å². The lowest BCUT2D eigenvalue weighted by Crippen LogP contribution is -2.41. The molecule has 1 aliphatic rings. The molecule has 0 radical (unpaired) electrons. The van der Waals surface area contributed by atoms with Crippen LogP contribution in [0.25, 0.3) is 0 Å². The number of hydrogen-bond acceptors (Lipinski definition) is 4. The third-order valence-corrected chi connectivity index (χ3v) is 5.22. The van der Waals surface area contributed by atoms with Gasteiger partial charge in [-0.2, -0.15) is 0 Å². The SMILES string of the molecule is COc1ccc(OCC(=O)NCC(c2ccc(C)cc2)N2CCCCC2)cc1. The molecule has 5 nitrogen and oxygen atoms in total. The lowest BCUT2D eigenvalue weighted by molar-refractivity contribution is -0.123. The molecule has 1 N–H and O–H groups in total. The van der Waals surface area contributed by atoms with Gasteiger partial charge in [0.1, 0.15) is 11.5 Å². The average molecular weight is 383 g/mol. The molecule has 0 aromatic heterocycles. The van der Waals surface area contributed by atoms with Gasteiger partial charge in [0, 0.05) is 6.54 Å². The summed E-state index contributed by atoms with van der Waals surface area (Å²) >= 11 is 0. The van der Waals surface area contributed by atoms with Gasteiger partial charge in [-0.15, -0.1) is 0 Å². The molecule has 1 amide bonds. The molecule has 5 heteroatoms. The van der Waals surface area contributed by atoms with Crippen LogP contribution in [0, 0.1) is 6.92 Å². The first kappa shape index (κ1) is 20.2. The van der Waals surface area contributed by atoms with E-state index in [1.807, 2.05) is 12.1 Å². The maximum atomic E-state index is 12.3. The van der Waals surface area contributed by atoms with Crippen molar-refractivity contribution < 1.29 is 14.3 Å². The van der Waals surface area contributed by atoms with Crippen LogP contribution in [0.1, 0.15) is 36.4 Å². The fourth-order valence-corrected chi connectivity index (χ4v) is 3.56. The van der Waals surface area contributed by atoms with Crippen molar-refractivity contribution in [3.63, 3.8) is 0 Å². The summed E-state index contributed by atoms with van der Waals surface area (Å²) in [5.74, 6) is 1.31. The zero-order valence-corrected chi connectivity index (χ0v) is 16.8. The van der Waals surface area contributed by atoms with E-state index in [-0.39, 0.29) is 18.6 Å². The Bertz CT molecular complexity index is 737. The molecule has 2 aromatic carbocycles.